The van der Waals surface area contributed by atoms with E-state index in [1.54, 1.807) is 18.2 Å². The van der Waals surface area contributed by atoms with Crippen molar-refractivity contribution in [2.45, 2.75) is 32.0 Å². The molecular formula is C23H23F3N4O3. The zero-order chi connectivity index (χ0) is 23.6. The second-order valence-electron chi connectivity index (χ2n) is 8.03. The van der Waals surface area contributed by atoms with Crippen molar-refractivity contribution in [3.63, 3.8) is 0 Å². The van der Waals surface area contributed by atoms with Crippen LogP contribution in [0, 0.1) is 5.92 Å². The molecule has 2 aromatic carbocycles. The third-order valence-electron chi connectivity index (χ3n) is 5.86. The molecule has 4 rings (SSSR count). The second-order valence-corrected chi connectivity index (χ2v) is 8.03. The van der Waals surface area contributed by atoms with Crippen molar-refractivity contribution < 1.29 is 27.6 Å². The van der Waals surface area contributed by atoms with Crippen molar-refractivity contribution in [1.82, 2.24) is 15.0 Å². The number of nitrogens with zero attached hydrogens (tertiary/aromatic N) is 3. The Morgan fingerprint density at radius 3 is 2.61 bits per heavy atom. The van der Waals surface area contributed by atoms with Gasteiger partial charge in [-0.15, -0.1) is 0 Å². The molecule has 0 saturated carbocycles. The van der Waals surface area contributed by atoms with Crippen molar-refractivity contribution in [1.29, 1.82) is 0 Å². The fraction of sp³-hybridized carbons (Fsp3) is 0.348. The number of rotatable bonds is 5. The number of phenols is 1. The van der Waals surface area contributed by atoms with Crippen LogP contribution in [0.25, 0.3) is 11.4 Å². The third kappa shape index (κ3) is 5.16. The Hall–Kier alpha value is -3.40. The normalized spacial score (nSPS) is 16.5. The van der Waals surface area contributed by atoms with Crippen molar-refractivity contribution >= 4 is 11.6 Å². The average Bonchev–Trinajstić information content (AvgIpc) is 3.30. The van der Waals surface area contributed by atoms with Gasteiger partial charge in [0, 0.05) is 11.5 Å². The van der Waals surface area contributed by atoms with Gasteiger partial charge in [0.05, 0.1) is 17.3 Å². The van der Waals surface area contributed by atoms with E-state index < -0.39 is 11.7 Å². The number of aromatic nitrogens is 2. The van der Waals surface area contributed by atoms with Gasteiger partial charge in [0.15, 0.2) is 0 Å². The molecule has 1 atom stereocenters. The maximum Gasteiger partial charge on any atom is 0.416 e. The molecule has 1 saturated heterocycles. The summed E-state index contributed by atoms with van der Waals surface area (Å²) in [5.74, 6) is 0.0779. The van der Waals surface area contributed by atoms with Gasteiger partial charge in [0.2, 0.25) is 17.6 Å². The van der Waals surface area contributed by atoms with Gasteiger partial charge in [0.1, 0.15) is 5.75 Å². The molecule has 0 spiro atoms. The van der Waals surface area contributed by atoms with Gasteiger partial charge in [0.25, 0.3) is 0 Å². The lowest BCUT2D eigenvalue weighted by molar-refractivity contribution is -0.137. The minimum absolute atomic E-state index is 0.0184. The molecule has 1 aliphatic rings. The predicted octanol–water partition coefficient (Wildman–Crippen LogP) is 4.87. The molecule has 174 valence electrons. The van der Waals surface area contributed by atoms with Gasteiger partial charge < -0.3 is 14.9 Å². The number of benzene rings is 2. The zero-order valence-electron chi connectivity index (χ0n) is 17.8. The van der Waals surface area contributed by atoms with Crippen LogP contribution in [0.1, 0.15) is 37.3 Å². The Morgan fingerprint density at radius 1 is 1.18 bits per heavy atom. The van der Waals surface area contributed by atoms with E-state index in [1.165, 1.54) is 18.2 Å². The van der Waals surface area contributed by atoms with Crippen LogP contribution in [0.15, 0.2) is 53.1 Å². The first-order chi connectivity index (χ1) is 15.7. The number of hydrogen-bond donors (Lipinski definition) is 2. The fourth-order valence-corrected chi connectivity index (χ4v) is 3.88. The quantitative estimate of drug-likeness (QED) is 0.528. The number of alkyl halides is 3. The summed E-state index contributed by atoms with van der Waals surface area (Å²) in [6, 6.07) is 11.1. The maximum absolute atomic E-state index is 13.0. The first-order valence-electron chi connectivity index (χ1n) is 10.6. The minimum Gasteiger partial charge on any atom is -0.506 e. The molecule has 33 heavy (non-hydrogen) atoms. The van der Waals surface area contributed by atoms with Gasteiger partial charge in [-0.05, 0) is 57.1 Å². The molecule has 1 aromatic heterocycles. The lowest BCUT2D eigenvalue weighted by atomic mass is 9.95. The Kier molecular flexibility index (Phi) is 6.37. The molecule has 0 radical (unpaired) electrons. The van der Waals surface area contributed by atoms with E-state index in [2.05, 4.69) is 20.4 Å². The van der Waals surface area contributed by atoms with E-state index in [4.69, 9.17) is 4.52 Å². The second kappa shape index (κ2) is 9.22. The summed E-state index contributed by atoms with van der Waals surface area (Å²) in [7, 11) is 0. The SMILES string of the molecule is CC(c1nc(-c2cccc(C(F)(F)F)c2)no1)N1CCC(C(=O)Nc2ccccc2O)CC1. The monoisotopic (exact) mass is 460 g/mol. The number of carbonyl (C=O) groups excluding carboxylic acids is 1. The Bertz CT molecular complexity index is 1120. The fourth-order valence-electron chi connectivity index (χ4n) is 3.88. The summed E-state index contributed by atoms with van der Waals surface area (Å²) in [6.45, 7) is 3.11. The molecule has 1 aliphatic heterocycles. The highest BCUT2D eigenvalue weighted by molar-refractivity contribution is 5.93. The van der Waals surface area contributed by atoms with Crippen LogP contribution < -0.4 is 5.32 Å². The number of anilines is 1. The topological polar surface area (TPSA) is 91.5 Å². The highest BCUT2D eigenvalue weighted by atomic mass is 19.4. The number of carbonyl (C=O) groups is 1. The summed E-state index contributed by atoms with van der Waals surface area (Å²) in [5.41, 5.74) is -0.165. The molecule has 0 aliphatic carbocycles. The number of phenolic OH excluding ortho intramolecular Hbond substituents is 1. The summed E-state index contributed by atoms with van der Waals surface area (Å²) in [4.78, 5) is 19.0. The van der Waals surface area contributed by atoms with Crippen LogP contribution in [0.5, 0.6) is 5.75 Å². The number of para-hydroxylation sites is 2. The highest BCUT2D eigenvalue weighted by Crippen LogP contribution is 2.33. The maximum atomic E-state index is 13.0. The first kappa shape index (κ1) is 22.8. The minimum atomic E-state index is -4.45. The smallest absolute Gasteiger partial charge is 0.416 e. The number of amides is 1. The number of halogens is 3. The van der Waals surface area contributed by atoms with E-state index in [0.29, 0.717) is 37.5 Å². The first-order valence-corrected chi connectivity index (χ1v) is 10.6. The predicted molar refractivity (Wildman–Crippen MR) is 114 cm³/mol. The molecule has 2 heterocycles. The molecule has 0 bridgehead atoms. The van der Waals surface area contributed by atoms with Crippen LogP contribution in [-0.4, -0.2) is 39.1 Å². The van der Waals surface area contributed by atoms with Gasteiger partial charge in [-0.3, -0.25) is 9.69 Å². The van der Waals surface area contributed by atoms with E-state index in [9.17, 15) is 23.1 Å². The molecule has 10 heteroatoms. The van der Waals surface area contributed by atoms with Crippen molar-refractivity contribution in [3.05, 3.63) is 60.0 Å². The Balaban J connectivity index is 1.37. The van der Waals surface area contributed by atoms with Crippen LogP contribution >= 0.6 is 0 Å². The lowest BCUT2D eigenvalue weighted by Crippen LogP contribution is -2.39. The van der Waals surface area contributed by atoms with Gasteiger partial charge in [-0.1, -0.05) is 29.4 Å². The van der Waals surface area contributed by atoms with Crippen LogP contribution in [0.4, 0.5) is 18.9 Å². The molecule has 1 fully saturated rings. The third-order valence-corrected chi connectivity index (χ3v) is 5.86. The Labute approximate surface area is 188 Å². The van der Waals surface area contributed by atoms with Crippen LogP contribution in [-0.2, 0) is 11.0 Å². The molecule has 2 N–H and O–H groups in total. The number of nitrogens with one attached hydrogen (secondary N) is 1. The zero-order valence-corrected chi connectivity index (χ0v) is 17.8. The molecule has 1 unspecified atom stereocenters. The van der Waals surface area contributed by atoms with Gasteiger partial charge in [-0.25, -0.2) is 0 Å². The highest BCUT2D eigenvalue weighted by Gasteiger charge is 2.32. The molecule has 1 amide bonds. The van der Waals surface area contributed by atoms with Gasteiger partial charge in [-0.2, -0.15) is 18.2 Å². The standard InChI is InChI=1S/C23H23F3N4O3/c1-14(22-28-20(29-33-22)16-5-4-6-17(13-16)23(24,25)26)30-11-9-15(10-12-30)21(32)27-18-7-2-3-8-19(18)31/h2-8,13-15,31H,9-12H2,1H3,(H,27,32). The molecule has 3 aromatic rings. The van der Waals surface area contributed by atoms with E-state index in [1.807, 2.05) is 6.92 Å². The summed E-state index contributed by atoms with van der Waals surface area (Å²) >= 11 is 0. The van der Waals surface area contributed by atoms with E-state index in [-0.39, 0.29) is 35.0 Å². The van der Waals surface area contributed by atoms with E-state index >= 15 is 0 Å². The number of aromatic hydroxyl groups is 1. The molecule has 7 nitrogen and oxygen atoms in total. The number of piperidine rings is 1. The lowest BCUT2D eigenvalue weighted by Gasteiger charge is -2.33. The van der Waals surface area contributed by atoms with Crippen LogP contribution in [0.2, 0.25) is 0 Å². The summed E-state index contributed by atoms with van der Waals surface area (Å²) < 4.78 is 44.3. The van der Waals surface area contributed by atoms with Crippen molar-refractivity contribution in [2.24, 2.45) is 5.92 Å². The van der Waals surface area contributed by atoms with E-state index in [0.717, 1.165) is 12.1 Å². The van der Waals surface area contributed by atoms with Gasteiger partial charge >= 0.3 is 6.18 Å². The van der Waals surface area contributed by atoms with Crippen LogP contribution in [0.3, 0.4) is 0 Å². The summed E-state index contributed by atoms with van der Waals surface area (Å²) in [5, 5.41) is 16.5. The average molecular weight is 460 g/mol. The number of likely N-dealkylation sites (tertiary alicyclic amines) is 1. The van der Waals surface area contributed by atoms with Crippen molar-refractivity contribution in [2.75, 3.05) is 18.4 Å². The van der Waals surface area contributed by atoms with Crippen molar-refractivity contribution in [3.8, 4) is 17.1 Å². The largest absolute Gasteiger partial charge is 0.506 e. The molecular weight excluding hydrogens is 437 g/mol. The Morgan fingerprint density at radius 2 is 1.91 bits per heavy atom. The number of hydrogen-bond acceptors (Lipinski definition) is 6. The summed E-state index contributed by atoms with van der Waals surface area (Å²) in [6.07, 6.45) is -3.23.